The molecule has 1 aromatic carbocycles. The summed E-state index contributed by atoms with van der Waals surface area (Å²) in [6, 6.07) is 5.83. The van der Waals surface area contributed by atoms with Crippen molar-refractivity contribution in [3.05, 3.63) is 51.2 Å². The number of halogens is 1. The molecule has 0 radical (unpaired) electrons. The zero-order valence-electron chi connectivity index (χ0n) is 9.46. The Bertz CT molecular complexity index is 754. The minimum absolute atomic E-state index is 0.0327. The van der Waals surface area contributed by atoms with Crippen molar-refractivity contribution in [3.63, 3.8) is 0 Å². The van der Waals surface area contributed by atoms with Crippen LogP contribution in [-0.4, -0.2) is 20.6 Å². The van der Waals surface area contributed by atoms with Gasteiger partial charge in [0.2, 0.25) is 0 Å². The van der Waals surface area contributed by atoms with Crippen molar-refractivity contribution in [1.82, 2.24) is 9.55 Å². The standard InChI is InChI=1S/C12H7ClN2O4/c13-6-1-2-9-7(3-6)15-8(12(17)18)4-11(16)14-10(15)5-19-9/h1-4H,5H2,(H,17,18). The fourth-order valence-corrected chi connectivity index (χ4v) is 2.15. The Morgan fingerprint density at radius 3 is 2.95 bits per heavy atom. The Balaban J connectivity index is 2.38. The summed E-state index contributed by atoms with van der Waals surface area (Å²) >= 11 is 5.91. The summed E-state index contributed by atoms with van der Waals surface area (Å²) in [4.78, 5) is 26.4. The molecular weight excluding hydrogens is 272 g/mol. The van der Waals surface area contributed by atoms with Crippen LogP contribution in [0.15, 0.2) is 29.1 Å². The van der Waals surface area contributed by atoms with Gasteiger partial charge in [0.1, 0.15) is 18.1 Å². The molecule has 0 aliphatic carbocycles. The van der Waals surface area contributed by atoms with Gasteiger partial charge in [-0.25, -0.2) is 4.79 Å². The van der Waals surface area contributed by atoms with Crippen molar-refractivity contribution < 1.29 is 14.6 Å². The lowest BCUT2D eigenvalue weighted by molar-refractivity contribution is 0.0684. The minimum atomic E-state index is -1.21. The van der Waals surface area contributed by atoms with E-state index in [4.69, 9.17) is 16.3 Å². The molecule has 0 saturated carbocycles. The van der Waals surface area contributed by atoms with E-state index in [9.17, 15) is 14.7 Å². The first-order valence-corrected chi connectivity index (χ1v) is 5.73. The molecule has 1 aromatic heterocycles. The van der Waals surface area contributed by atoms with Crippen LogP contribution in [0.1, 0.15) is 16.3 Å². The molecular formula is C12H7ClN2O4. The third kappa shape index (κ3) is 1.86. The molecule has 2 aromatic rings. The number of carboxylic acids is 1. The number of hydrogen-bond donors (Lipinski definition) is 1. The molecule has 0 unspecified atom stereocenters. The maximum Gasteiger partial charge on any atom is 0.353 e. The highest BCUT2D eigenvalue weighted by Crippen LogP contribution is 2.32. The largest absolute Gasteiger partial charge is 0.483 e. The summed E-state index contributed by atoms with van der Waals surface area (Å²) in [6.45, 7) is 0.0327. The molecule has 0 atom stereocenters. The summed E-state index contributed by atoms with van der Waals surface area (Å²) in [6.07, 6.45) is 0. The van der Waals surface area contributed by atoms with Gasteiger partial charge in [0, 0.05) is 11.1 Å². The fourth-order valence-electron chi connectivity index (χ4n) is 1.98. The number of carbonyl (C=O) groups is 1. The van der Waals surface area contributed by atoms with Gasteiger partial charge in [-0.05, 0) is 18.2 Å². The first-order chi connectivity index (χ1) is 9.06. The molecule has 0 amide bonds. The van der Waals surface area contributed by atoms with E-state index in [1.807, 2.05) is 0 Å². The maximum atomic E-state index is 11.4. The number of rotatable bonds is 1. The third-order valence-corrected chi connectivity index (χ3v) is 2.97. The highest BCUT2D eigenvalue weighted by molar-refractivity contribution is 6.30. The molecule has 1 aliphatic heterocycles. The monoisotopic (exact) mass is 278 g/mol. The van der Waals surface area contributed by atoms with Gasteiger partial charge in [0.15, 0.2) is 5.82 Å². The summed E-state index contributed by atoms with van der Waals surface area (Å²) in [7, 11) is 0. The second kappa shape index (κ2) is 4.10. The highest BCUT2D eigenvalue weighted by atomic mass is 35.5. The first-order valence-electron chi connectivity index (χ1n) is 5.35. The van der Waals surface area contributed by atoms with E-state index in [0.29, 0.717) is 16.5 Å². The van der Waals surface area contributed by atoms with Gasteiger partial charge >= 0.3 is 5.97 Å². The Morgan fingerprint density at radius 1 is 1.42 bits per heavy atom. The average molecular weight is 279 g/mol. The topological polar surface area (TPSA) is 81.4 Å². The van der Waals surface area contributed by atoms with Gasteiger partial charge in [-0.15, -0.1) is 0 Å². The molecule has 19 heavy (non-hydrogen) atoms. The molecule has 0 fully saturated rings. The van der Waals surface area contributed by atoms with Crippen LogP contribution >= 0.6 is 11.6 Å². The lowest BCUT2D eigenvalue weighted by atomic mass is 10.2. The van der Waals surface area contributed by atoms with Crippen LogP contribution in [-0.2, 0) is 6.61 Å². The van der Waals surface area contributed by atoms with Crippen molar-refractivity contribution in [2.24, 2.45) is 0 Å². The van der Waals surface area contributed by atoms with E-state index in [1.165, 1.54) is 4.57 Å². The predicted octanol–water partition coefficient (Wildman–Crippen LogP) is 1.48. The third-order valence-electron chi connectivity index (χ3n) is 2.74. The Labute approximate surface area is 111 Å². The summed E-state index contributed by atoms with van der Waals surface area (Å²) in [5.74, 6) is -0.488. The smallest absolute Gasteiger partial charge is 0.353 e. The molecule has 7 heteroatoms. The fraction of sp³-hybridized carbons (Fsp3) is 0.0833. The Kier molecular flexibility index (Phi) is 2.53. The molecule has 0 bridgehead atoms. The molecule has 2 heterocycles. The molecule has 96 valence electrons. The van der Waals surface area contributed by atoms with Crippen LogP contribution in [0.3, 0.4) is 0 Å². The van der Waals surface area contributed by atoms with E-state index < -0.39 is 11.5 Å². The molecule has 0 saturated heterocycles. The molecule has 1 N–H and O–H groups in total. The van der Waals surface area contributed by atoms with Crippen LogP contribution in [0.2, 0.25) is 5.02 Å². The second-order valence-electron chi connectivity index (χ2n) is 3.94. The molecule has 0 spiro atoms. The number of aromatic carboxylic acids is 1. The number of fused-ring (bicyclic) bond motifs is 3. The number of aromatic nitrogens is 2. The van der Waals surface area contributed by atoms with Gasteiger partial charge in [0.05, 0.1) is 5.69 Å². The summed E-state index contributed by atoms with van der Waals surface area (Å²) < 4.78 is 6.79. The van der Waals surface area contributed by atoms with Crippen molar-refractivity contribution in [3.8, 4) is 11.4 Å². The Morgan fingerprint density at radius 2 is 2.21 bits per heavy atom. The number of nitrogens with zero attached hydrogens (tertiary/aromatic N) is 2. The highest BCUT2D eigenvalue weighted by Gasteiger charge is 2.23. The zero-order valence-corrected chi connectivity index (χ0v) is 10.2. The second-order valence-corrected chi connectivity index (χ2v) is 4.37. The molecule has 6 nitrogen and oxygen atoms in total. The Hall–Kier alpha value is -2.34. The van der Waals surface area contributed by atoms with Gasteiger partial charge < -0.3 is 9.84 Å². The lowest BCUT2D eigenvalue weighted by Crippen LogP contribution is -2.26. The van der Waals surface area contributed by atoms with E-state index in [2.05, 4.69) is 4.98 Å². The number of carboxylic acid groups (broad SMARTS) is 1. The van der Waals surface area contributed by atoms with Crippen LogP contribution in [0.4, 0.5) is 0 Å². The van der Waals surface area contributed by atoms with Gasteiger partial charge in [-0.1, -0.05) is 11.6 Å². The van der Waals surface area contributed by atoms with Crippen molar-refractivity contribution >= 4 is 17.6 Å². The molecule has 1 aliphatic rings. The van der Waals surface area contributed by atoms with Crippen LogP contribution in [0, 0.1) is 0 Å². The van der Waals surface area contributed by atoms with Gasteiger partial charge in [0.25, 0.3) is 5.56 Å². The van der Waals surface area contributed by atoms with Crippen molar-refractivity contribution in [2.45, 2.75) is 6.61 Å². The maximum absolute atomic E-state index is 11.4. The summed E-state index contributed by atoms with van der Waals surface area (Å²) in [5.41, 5.74) is -0.321. The number of ether oxygens (including phenoxy) is 1. The molecule has 3 rings (SSSR count). The van der Waals surface area contributed by atoms with E-state index in [0.717, 1.165) is 6.07 Å². The number of hydrogen-bond acceptors (Lipinski definition) is 4. The van der Waals surface area contributed by atoms with E-state index in [-0.39, 0.29) is 18.1 Å². The summed E-state index contributed by atoms with van der Waals surface area (Å²) in [5, 5.41) is 9.63. The predicted molar refractivity (Wildman–Crippen MR) is 66.1 cm³/mol. The van der Waals surface area contributed by atoms with Gasteiger partial charge in [-0.2, -0.15) is 4.98 Å². The SMILES string of the molecule is O=C(O)c1cc(=O)nc2n1-c1cc(Cl)ccc1OC2. The zero-order chi connectivity index (χ0) is 13.6. The van der Waals surface area contributed by atoms with Crippen LogP contribution in [0.25, 0.3) is 5.69 Å². The van der Waals surface area contributed by atoms with E-state index in [1.54, 1.807) is 18.2 Å². The van der Waals surface area contributed by atoms with Crippen molar-refractivity contribution in [1.29, 1.82) is 0 Å². The van der Waals surface area contributed by atoms with Gasteiger partial charge in [-0.3, -0.25) is 9.36 Å². The average Bonchev–Trinajstić information content (AvgIpc) is 2.36. The van der Waals surface area contributed by atoms with Crippen LogP contribution in [0.5, 0.6) is 5.75 Å². The quantitative estimate of drug-likeness (QED) is 0.854. The van der Waals surface area contributed by atoms with Crippen LogP contribution < -0.4 is 10.3 Å². The first kappa shape index (κ1) is 11.7. The normalized spacial score (nSPS) is 12.3. The lowest BCUT2D eigenvalue weighted by Gasteiger charge is -2.23. The van der Waals surface area contributed by atoms with Crippen molar-refractivity contribution in [2.75, 3.05) is 0 Å². The minimum Gasteiger partial charge on any atom is -0.483 e. The number of benzene rings is 1. The van der Waals surface area contributed by atoms with E-state index >= 15 is 0 Å².